The molecular weight excluding hydrogens is 308 g/mol. The van der Waals surface area contributed by atoms with E-state index in [0.29, 0.717) is 6.42 Å². The molecule has 2 rings (SSSR count). The number of carbonyl (C=O) groups excluding carboxylic acids is 2. The van der Waals surface area contributed by atoms with Crippen molar-refractivity contribution in [3.8, 4) is 0 Å². The molecule has 4 nitrogen and oxygen atoms in total. The maximum absolute atomic E-state index is 12.1. The normalized spacial score (nSPS) is 11.1. The number of para-hydroxylation sites is 1. The maximum atomic E-state index is 12.1. The number of hydrogen-bond donors (Lipinski definition) is 2. The van der Waals surface area contributed by atoms with E-state index in [-0.39, 0.29) is 23.8 Å². The average Bonchev–Trinajstić information content (AvgIpc) is 2.97. The largest absolute Gasteiger partial charge is 0.347 e. The van der Waals surface area contributed by atoms with Crippen LogP contribution in [0.4, 0.5) is 5.69 Å². The summed E-state index contributed by atoms with van der Waals surface area (Å²) >= 11 is 1.53. The van der Waals surface area contributed by atoms with Gasteiger partial charge in [-0.2, -0.15) is 0 Å². The SMILES string of the molecule is CC(C)(C)c1ccccc1NC(=O)CNC(=O)Cc1cccs1. The molecule has 122 valence electrons. The van der Waals surface area contributed by atoms with Crippen molar-refractivity contribution in [2.45, 2.75) is 32.6 Å². The predicted molar refractivity (Wildman–Crippen MR) is 94.8 cm³/mol. The van der Waals surface area contributed by atoms with Gasteiger partial charge in [-0.15, -0.1) is 11.3 Å². The molecule has 1 aromatic heterocycles. The third-order valence-corrected chi connectivity index (χ3v) is 4.25. The zero-order chi connectivity index (χ0) is 16.9. The van der Waals surface area contributed by atoms with Crippen molar-refractivity contribution in [2.75, 3.05) is 11.9 Å². The highest BCUT2D eigenvalue weighted by Gasteiger charge is 2.18. The Hall–Kier alpha value is -2.14. The molecule has 2 N–H and O–H groups in total. The van der Waals surface area contributed by atoms with Crippen LogP contribution in [-0.2, 0) is 21.4 Å². The van der Waals surface area contributed by atoms with E-state index < -0.39 is 0 Å². The second-order valence-corrected chi connectivity index (χ2v) is 7.41. The monoisotopic (exact) mass is 330 g/mol. The Morgan fingerprint density at radius 1 is 1.04 bits per heavy atom. The smallest absolute Gasteiger partial charge is 0.243 e. The lowest BCUT2D eigenvalue weighted by Crippen LogP contribution is -2.34. The Kier molecular flexibility index (Phi) is 5.55. The molecule has 0 atom stereocenters. The zero-order valence-corrected chi connectivity index (χ0v) is 14.5. The number of nitrogens with one attached hydrogen (secondary N) is 2. The van der Waals surface area contributed by atoms with Gasteiger partial charge in [0.2, 0.25) is 11.8 Å². The minimum atomic E-state index is -0.221. The second-order valence-electron chi connectivity index (χ2n) is 6.38. The van der Waals surface area contributed by atoms with Crippen LogP contribution in [0, 0.1) is 0 Å². The lowest BCUT2D eigenvalue weighted by molar-refractivity contribution is -0.123. The first-order valence-electron chi connectivity index (χ1n) is 7.54. The quantitative estimate of drug-likeness (QED) is 0.883. The average molecular weight is 330 g/mol. The molecule has 0 aliphatic carbocycles. The fraction of sp³-hybridized carbons (Fsp3) is 0.333. The number of carbonyl (C=O) groups is 2. The molecule has 0 aliphatic heterocycles. The van der Waals surface area contributed by atoms with Crippen molar-refractivity contribution >= 4 is 28.8 Å². The fourth-order valence-corrected chi connectivity index (χ4v) is 2.96. The zero-order valence-electron chi connectivity index (χ0n) is 13.7. The van der Waals surface area contributed by atoms with Crippen LogP contribution in [0.3, 0.4) is 0 Å². The van der Waals surface area contributed by atoms with Crippen molar-refractivity contribution in [2.24, 2.45) is 0 Å². The highest BCUT2D eigenvalue weighted by molar-refractivity contribution is 7.10. The molecule has 0 saturated heterocycles. The van der Waals surface area contributed by atoms with Crippen molar-refractivity contribution < 1.29 is 9.59 Å². The molecular formula is C18H22N2O2S. The summed E-state index contributed by atoms with van der Waals surface area (Å²) in [4.78, 5) is 24.9. The van der Waals surface area contributed by atoms with Crippen molar-refractivity contribution in [1.29, 1.82) is 0 Å². The van der Waals surface area contributed by atoms with Crippen LogP contribution in [0.5, 0.6) is 0 Å². The van der Waals surface area contributed by atoms with Gasteiger partial charge < -0.3 is 10.6 Å². The van der Waals surface area contributed by atoms with Crippen LogP contribution in [0.2, 0.25) is 0 Å². The molecule has 23 heavy (non-hydrogen) atoms. The summed E-state index contributed by atoms with van der Waals surface area (Å²) in [6.45, 7) is 6.27. The van der Waals surface area contributed by atoms with Crippen molar-refractivity contribution in [3.63, 3.8) is 0 Å². The summed E-state index contributed by atoms with van der Waals surface area (Å²) in [5, 5.41) is 7.46. The van der Waals surface area contributed by atoms with Gasteiger partial charge in [-0.05, 0) is 28.5 Å². The molecule has 0 fully saturated rings. The Balaban J connectivity index is 1.89. The van der Waals surface area contributed by atoms with Gasteiger partial charge in [0, 0.05) is 10.6 Å². The van der Waals surface area contributed by atoms with Crippen LogP contribution in [0.25, 0.3) is 0 Å². The summed E-state index contributed by atoms with van der Waals surface area (Å²) in [5.41, 5.74) is 1.79. The first-order chi connectivity index (χ1) is 10.9. The first-order valence-corrected chi connectivity index (χ1v) is 8.42. The van der Waals surface area contributed by atoms with Gasteiger partial charge in [-0.1, -0.05) is 45.0 Å². The van der Waals surface area contributed by atoms with E-state index in [1.807, 2.05) is 41.8 Å². The third kappa shape index (κ3) is 5.21. The standard InChI is InChI=1S/C18H22N2O2S/c1-18(2,3)14-8-4-5-9-15(14)20-17(22)12-19-16(21)11-13-7-6-10-23-13/h4-10H,11-12H2,1-3H3,(H,19,21)(H,20,22). The molecule has 1 heterocycles. The maximum Gasteiger partial charge on any atom is 0.243 e. The number of amides is 2. The van der Waals surface area contributed by atoms with E-state index >= 15 is 0 Å². The Morgan fingerprint density at radius 2 is 1.78 bits per heavy atom. The van der Waals surface area contributed by atoms with Gasteiger partial charge in [0.25, 0.3) is 0 Å². The Bertz CT molecular complexity index is 673. The number of rotatable bonds is 5. The van der Waals surface area contributed by atoms with E-state index in [1.54, 1.807) is 0 Å². The van der Waals surface area contributed by atoms with Gasteiger partial charge in [0.1, 0.15) is 0 Å². The molecule has 0 saturated carbocycles. The molecule has 5 heteroatoms. The van der Waals surface area contributed by atoms with Gasteiger partial charge in [0.15, 0.2) is 0 Å². The van der Waals surface area contributed by atoms with Crippen LogP contribution in [-0.4, -0.2) is 18.4 Å². The van der Waals surface area contributed by atoms with Gasteiger partial charge in [-0.3, -0.25) is 9.59 Å². The molecule has 0 radical (unpaired) electrons. The first kappa shape index (κ1) is 17.2. The minimum absolute atomic E-state index is 0.0251. The summed E-state index contributed by atoms with van der Waals surface area (Å²) in [5.74, 6) is -0.368. The summed E-state index contributed by atoms with van der Waals surface area (Å²) < 4.78 is 0. The Labute approximate surface area is 140 Å². The second kappa shape index (κ2) is 7.42. The highest BCUT2D eigenvalue weighted by Crippen LogP contribution is 2.29. The van der Waals surface area contributed by atoms with E-state index in [4.69, 9.17) is 0 Å². The number of thiophene rings is 1. The van der Waals surface area contributed by atoms with Gasteiger partial charge >= 0.3 is 0 Å². The van der Waals surface area contributed by atoms with Gasteiger partial charge in [-0.25, -0.2) is 0 Å². The summed E-state index contributed by atoms with van der Waals surface area (Å²) in [6, 6.07) is 11.5. The number of benzene rings is 1. The third-order valence-electron chi connectivity index (χ3n) is 3.37. The molecule has 0 aliphatic rings. The van der Waals surface area contributed by atoms with E-state index in [2.05, 4.69) is 31.4 Å². The molecule has 1 aromatic carbocycles. The summed E-state index contributed by atoms with van der Waals surface area (Å²) in [6.07, 6.45) is 0.309. The fourth-order valence-electron chi connectivity index (χ4n) is 2.25. The lowest BCUT2D eigenvalue weighted by Gasteiger charge is -2.23. The summed E-state index contributed by atoms with van der Waals surface area (Å²) in [7, 11) is 0. The topological polar surface area (TPSA) is 58.2 Å². The number of anilines is 1. The van der Waals surface area contributed by atoms with Crippen LogP contribution in [0.15, 0.2) is 41.8 Å². The van der Waals surface area contributed by atoms with E-state index in [0.717, 1.165) is 16.1 Å². The van der Waals surface area contributed by atoms with E-state index in [9.17, 15) is 9.59 Å². The van der Waals surface area contributed by atoms with Crippen molar-refractivity contribution in [1.82, 2.24) is 5.32 Å². The molecule has 0 bridgehead atoms. The van der Waals surface area contributed by atoms with Gasteiger partial charge in [0.05, 0.1) is 13.0 Å². The highest BCUT2D eigenvalue weighted by atomic mass is 32.1. The van der Waals surface area contributed by atoms with Crippen LogP contribution in [0.1, 0.15) is 31.2 Å². The van der Waals surface area contributed by atoms with Crippen LogP contribution < -0.4 is 10.6 Å². The van der Waals surface area contributed by atoms with Crippen molar-refractivity contribution in [3.05, 3.63) is 52.2 Å². The Morgan fingerprint density at radius 3 is 2.43 bits per heavy atom. The van der Waals surface area contributed by atoms with Crippen LogP contribution >= 0.6 is 11.3 Å². The molecule has 2 aromatic rings. The number of hydrogen-bond acceptors (Lipinski definition) is 3. The lowest BCUT2D eigenvalue weighted by atomic mass is 9.86. The molecule has 2 amide bonds. The van der Waals surface area contributed by atoms with E-state index in [1.165, 1.54) is 11.3 Å². The minimum Gasteiger partial charge on any atom is -0.347 e. The molecule has 0 spiro atoms. The predicted octanol–water partition coefficient (Wildman–Crippen LogP) is 3.34. The molecule has 0 unspecified atom stereocenters.